The van der Waals surface area contributed by atoms with Gasteiger partial charge in [0.05, 0.1) is 0 Å². The molecule has 1 aromatic rings. The summed E-state index contributed by atoms with van der Waals surface area (Å²) in [5.74, 6) is 0. The molecule has 0 N–H and O–H groups in total. The summed E-state index contributed by atoms with van der Waals surface area (Å²) < 4.78 is 1.31. The molecule has 2 rings (SSSR count). The van der Waals surface area contributed by atoms with Gasteiger partial charge in [-0.15, -0.1) is 0 Å². The Morgan fingerprint density at radius 3 is 3.08 bits per heavy atom. The third kappa shape index (κ3) is 1.76. The van der Waals surface area contributed by atoms with E-state index in [1.54, 1.807) is 0 Å². The van der Waals surface area contributed by atoms with Crippen LogP contribution in [0.25, 0.3) is 16.5 Å². The molecule has 1 aliphatic heterocycles. The molecule has 0 spiro atoms. The van der Waals surface area contributed by atoms with Gasteiger partial charge in [0.1, 0.15) is 0 Å². The van der Waals surface area contributed by atoms with E-state index in [0.29, 0.717) is 0 Å². The molecule has 0 amide bonds. The molecule has 0 saturated heterocycles. The Kier molecular flexibility index (Phi) is 2.37. The SMILES string of the molecule is [N-]=[N+]=NC1C=Cc2ccccc2[Se]1. The number of rotatable bonds is 1. The van der Waals surface area contributed by atoms with Crippen LogP contribution >= 0.6 is 0 Å². The van der Waals surface area contributed by atoms with Crippen molar-refractivity contribution in [2.45, 2.75) is 4.94 Å². The molecule has 0 aliphatic carbocycles. The molecule has 0 saturated carbocycles. The molecule has 64 valence electrons. The summed E-state index contributed by atoms with van der Waals surface area (Å²) in [6, 6.07) is 8.22. The van der Waals surface area contributed by atoms with Gasteiger partial charge >= 0.3 is 81.9 Å². The second-order valence-electron chi connectivity index (χ2n) is 2.61. The van der Waals surface area contributed by atoms with Crippen LogP contribution in [0.1, 0.15) is 5.56 Å². The molecule has 13 heavy (non-hydrogen) atoms. The van der Waals surface area contributed by atoms with Crippen molar-refractivity contribution in [1.29, 1.82) is 0 Å². The minimum atomic E-state index is 0.0485. The summed E-state index contributed by atoms with van der Waals surface area (Å²) in [4.78, 5) is 2.87. The normalized spacial score (nSPS) is 18.9. The fourth-order valence-electron chi connectivity index (χ4n) is 1.19. The first-order valence-electron chi connectivity index (χ1n) is 3.88. The summed E-state index contributed by atoms with van der Waals surface area (Å²) in [6.07, 6.45) is 4.00. The van der Waals surface area contributed by atoms with Crippen LogP contribution in [0.2, 0.25) is 0 Å². The van der Waals surface area contributed by atoms with Gasteiger partial charge < -0.3 is 0 Å². The minimum absolute atomic E-state index is 0.0485. The first-order valence-corrected chi connectivity index (χ1v) is 5.73. The molecule has 4 heteroatoms. The summed E-state index contributed by atoms with van der Waals surface area (Å²) in [7, 11) is 0. The van der Waals surface area contributed by atoms with Gasteiger partial charge in [0.15, 0.2) is 0 Å². The Balaban J connectivity index is 2.33. The standard InChI is InChI=1S/C9H7N3Se/c10-12-11-9-6-5-7-3-1-2-4-8(7)13-9/h1-6,9H. The monoisotopic (exact) mass is 237 g/mol. The third-order valence-electron chi connectivity index (χ3n) is 1.77. The van der Waals surface area contributed by atoms with E-state index in [9.17, 15) is 0 Å². The zero-order valence-electron chi connectivity index (χ0n) is 6.79. The molecule has 0 radical (unpaired) electrons. The van der Waals surface area contributed by atoms with Crippen molar-refractivity contribution < 1.29 is 0 Å². The van der Waals surface area contributed by atoms with Crippen LogP contribution < -0.4 is 4.46 Å². The number of hydrogen-bond acceptors (Lipinski definition) is 1. The van der Waals surface area contributed by atoms with E-state index in [-0.39, 0.29) is 19.9 Å². The van der Waals surface area contributed by atoms with Crippen LogP contribution in [-0.2, 0) is 0 Å². The summed E-state index contributed by atoms with van der Waals surface area (Å²) in [5.41, 5.74) is 9.56. The molecule has 1 unspecified atom stereocenters. The number of azide groups is 1. The third-order valence-corrected chi connectivity index (χ3v) is 4.12. The van der Waals surface area contributed by atoms with Gasteiger partial charge in [0, 0.05) is 0 Å². The molecule has 0 bridgehead atoms. The summed E-state index contributed by atoms with van der Waals surface area (Å²) in [6.45, 7) is 0. The van der Waals surface area contributed by atoms with Crippen molar-refractivity contribution in [2.75, 3.05) is 0 Å². The fourth-order valence-corrected chi connectivity index (χ4v) is 3.16. The van der Waals surface area contributed by atoms with E-state index in [4.69, 9.17) is 5.53 Å². The van der Waals surface area contributed by atoms with Crippen LogP contribution in [0.4, 0.5) is 0 Å². The number of benzene rings is 1. The molecule has 1 heterocycles. The van der Waals surface area contributed by atoms with Crippen molar-refractivity contribution in [3.8, 4) is 0 Å². The molecule has 1 atom stereocenters. The van der Waals surface area contributed by atoms with Crippen molar-refractivity contribution in [2.24, 2.45) is 5.11 Å². The first kappa shape index (κ1) is 8.39. The van der Waals surface area contributed by atoms with Gasteiger partial charge in [-0.1, -0.05) is 0 Å². The van der Waals surface area contributed by atoms with E-state index in [0.717, 1.165) is 0 Å². The number of nitrogens with zero attached hydrogens (tertiary/aromatic N) is 3. The van der Waals surface area contributed by atoms with Crippen LogP contribution in [0.3, 0.4) is 0 Å². The zero-order valence-corrected chi connectivity index (χ0v) is 8.50. The Labute approximate surface area is 82.2 Å². The summed E-state index contributed by atoms with van der Waals surface area (Å²) in [5, 5.41) is 3.70. The number of fused-ring (bicyclic) bond motifs is 1. The predicted octanol–water partition coefficient (Wildman–Crippen LogP) is 1.68. The first-order chi connectivity index (χ1) is 6.40. The van der Waals surface area contributed by atoms with Gasteiger partial charge in [-0.05, 0) is 0 Å². The molecule has 0 aromatic heterocycles. The van der Waals surface area contributed by atoms with E-state index in [1.807, 2.05) is 24.3 Å². The van der Waals surface area contributed by atoms with Crippen LogP contribution in [-0.4, -0.2) is 19.9 Å². The van der Waals surface area contributed by atoms with Crippen molar-refractivity contribution in [3.63, 3.8) is 0 Å². The van der Waals surface area contributed by atoms with Crippen molar-refractivity contribution in [3.05, 3.63) is 46.3 Å². The van der Waals surface area contributed by atoms with E-state index in [1.165, 1.54) is 10.0 Å². The van der Waals surface area contributed by atoms with Gasteiger partial charge in [0.25, 0.3) is 0 Å². The van der Waals surface area contributed by atoms with E-state index >= 15 is 0 Å². The second kappa shape index (κ2) is 3.67. The van der Waals surface area contributed by atoms with Crippen molar-refractivity contribution >= 4 is 25.5 Å². The van der Waals surface area contributed by atoms with Gasteiger partial charge in [-0.25, -0.2) is 0 Å². The Morgan fingerprint density at radius 1 is 1.38 bits per heavy atom. The summed E-state index contributed by atoms with van der Waals surface area (Å²) >= 11 is 0.248. The maximum absolute atomic E-state index is 8.30. The molecule has 0 fully saturated rings. The average molecular weight is 236 g/mol. The van der Waals surface area contributed by atoms with Gasteiger partial charge in [-0.2, -0.15) is 0 Å². The Bertz CT molecular complexity index is 394. The molecular weight excluding hydrogens is 229 g/mol. The van der Waals surface area contributed by atoms with Crippen LogP contribution in [0.5, 0.6) is 0 Å². The second-order valence-corrected chi connectivity index (χ2v) is 5.04. The predicted molar refractivity (Wildman–Crippen MR) is 53.8 cm³/mol. The van der Waals surface area contributed by atoms with E-state index < -0.39 is 0 Å². The van der Waals surface area contributed by atoms with Crippen LogP contribution in [0.15, 0.2) is 35.5 Å². The Morgan fingerprint density at radius 2 is 2.23 bits per heavy atom. The maximum atomic E-state index is 8.30. The molecular formula is C9H7N3Se. The molecule has 1 aromatic carbocycles. The molecule has 1 aliphatic rings. The zero-order chi connectivity index (χ0) is 9.10. The molecule has 3 nitrogen and oxygen atoms in total. The Hall–Kier alpha value is -1.21. The average Bonchev–Trinajstić information content (AvgIpc) is 2.18. The van der Waals surface area contributed by atoms with Gasteiger partial charge in [0.2, 0.25) is 0 Å². The number of hydrogen-bond donors (Lipinski definition) is 0. The van der Waals surface area contributed by atoms with E-state index in [2.05, 4.69) is 22.2 Å². The van der Waals surface area contributed by atoms with Gasteiger partial charge in [-0.3, -0.25) is 0 Å². The quantitative estimate of drug-likeness (QED) is 0.308. The van der Waals surface area contributed by atoms with Crippen LogP contribution in [0, 0.1) is 0 Å². The van der Waals surface area contributed by atoms with Crippen molar-refractivity contribution in [1.82, 2.24) is 0 Å². The topological polar surface area (TPSA) is 48.8 Å². The fraction of sp³-hybridized carbons (Fsp3) is 0.111.